The molecule has 0 atom stereocenters. The summed E-state index contributed by atoms with van der Waals surface area (Å²) >= 11 is 2.56. The largest absolute Gasteiger partial charge is 0.469 e. The van der Waals surface area contributed by atoms with Crippen LogP contribution in [0.3, 0.4) is 0 Å². The van der Waals surface area contributed by atoms with Gasteiger partial charge in [0.1, 0.15) is 0 Å². The maximum atomic E-state index is 11.6. The molecule has 1 heterocycles. The molecule has 2 aromatic rings. The molecule has 0 aliphatic rings. The minimum atomic E-state index is -0.367. The van der Waals surface area contributed by atoms with Gasteiger partial charge in [-0.15, -0.1) is 11.3 Å². The van der Waals surface area contributed by atoms with Crippen LogP contribution in [0.2, 0.25) is 0 Å². The van der Waals surface area contributed by atoms with Crippen LogP contribution < -0.4 is 0 Å². The van der Waals surface area contributed by atoms with Crippen LogP contribution >= 0.6 is 23.1 Å². The fourth-order valence-corrected chi connectivity index (χ4v) is 3.30. The van der Waals surface area contributed by atoms with Crippen LogP contribution in [-0.2, 0) is 14.3 Å². The van der Waals surface area contributed by atoms with Crippen molar-refractivity contribution in [2.45, 2.75) is 17.2 Å². The Balaban J connectivity index is 1.96. The molecule has 2 rings (SSSR count). The van der Waals surface area contributed by atoms with E-state index in [2.05, 4.69) is 9.72 Å². The minimum absolute atomic E-state index is 0.0699. The fraction of sp³-hybridized carbons (Fsp3) is 0.250. The predicted octanol–water partition coefficient (Wildman–Crippen LogP) is 2.87. The number of ether oxygens (including phenoxy) is 1. The average Bonchev–Trinajstić information content (AvgIpc) is 2.77. The van der Waals surface area contributed by atoms with E-state index in [-0.39, 0.29) is 23.9 Å². The number of carbonyl (C=O) groups excluding carboxylic acids is 2. The van der Waals surface area contributed by atoms with Crippen molar-refractivity contribution in [2.24, 2.45) is 0 Å². The Bertz CT molecular complexity index is 546. The fourth-order valence-electron chi connectivity index (χ4n) is 1.35. The number of thiazole rings is 1. The lowest BCUT2D eigenvalue weighted by atomic mass is 10.3. The second-order valence-corrected chi connectivity index (χ2v) is 5.83. The Hall–Kier alpha value is -1.40. The first-order valence-electron chi connectivity index (χ1n) is 5.32. The molecule has 94 valence electrons. The number of methoxy groups -OCH3 is 1. The van der Waals surface area contributed by atoms with Crippen molar-refractivity contribution in [2.75, 3.05) is 7.11 Å². The summed E-state index contributed by atoms with van der Waals surface area (Å²) in [6.45, 7) is 0. The summed E-state index contributed by atoms with van der Waals surface area (Å²) in [7, 11) is 1.31. The molecule has 0 aliphatic heterocycles. The highest BCUT2D eigenvalue weighted by Gasteiger charge is 2.11. The quantitative estimate of drug-likeness (QED) is 0.637. The second-order valence-electron chi connectivity index (χ2n) is 3.50. The second kappa shape index (κ2) is 5.97. The van der Waals surface area contributed by atoms with Crippen LogP contribution in [0, 0.1) is 0 Å². The first kappa shape index (κ1) is 13.0. The molecule has 18 heavy (non-hydrogen) atoms. The van der Waals surface area contributed by atoms with E-state index in [1.165, 1.54) is 18.4 Å². The van der Waals surface area contributed by atoms with E-state index in [1.54, 1.807) is 0 Å². The first-order valence-corrected chi connectivity index (χ1v) is 6.95. The number of aromatic nitrogens is 1. The van der Waals surface area contributed by atoms with Crippen molar-refractivity contribution >= 4 is 44.4 Å². The van der Waals surface area contributed by atoms with Crippen molar-refractivity contribution in [3.63, 3.8) is 0 Å². The number of nitrogens with zero attached hydrogens (tertiary/aromatic N) is 1. The van der Waals surface area contributed by atoms with E-state index in [0.717, 1.165) is 22.0 Å². The van der Waals surface area contributed by atoms with Crippen LogP contribution in [0.25, 0.3) is 10.2 Å². The summed E-state index contributed by atoms with van der Waals surface area (Å²) in [5, 5.41) is -0.0699. The summed E-state index contributed by atoms with van der Waals surface area (Å²) in [5.74, 6) is -0.367. The van der Waals surface area contributed by atoms with Gasteiger partial charge in [-0.3, -0.25) is 9.59 Å². The number of thioether (sulfide) groups is 1. The van der Waals surface area contributed by atoms with Gasteiger partial charge in [0.15, 0.2) is 9.45 Å². The highest BCUT2D eigenvalue weighted by atomic mass is 32.2. The average molecular weight is 281 g/mol. The Labute approximate surface area is 112 Å². The number of hydrogen-bond acceptors (Lipinski definition) is 6. The van der Waals surface area contributed by atoms with Gasteiger partial charge in [0.2, 0.25) is 0 Å². The molecule has 1 aromatic carbocycles. The highest BCUT2D eigenvalue weighted by molar-refractivity contribution is 8.15. The summed E-state index contributed by atoms with van der Waals surface area (Å²) in [6, 6.07) is 7.73. The van der Waals surface area contributed by atoms with Crippen molar-refractivity contribution in [3.8, 4) is 0 Å². The standard InChI is InChI=1S/C12H11NO3S2/c1-16-10(14)6-7-11(15)18-12-13-8-4-2-3-5-9(8)17-12/h2-5H,6-7H2,1H3. The number of benzene rings is 1. The number of rotatable bonds is 4. The molecule has 0 N–H and O–H groups in total. The molecule has 4 nitrogen and oxygen atoms in total. The van der Waals surface area contributed by atoms with Crippen LogP contribution in [0.5, 0.6) is 0 Å². The number of fused-ring (bicyclic) bond motifs is 1. The van der Waals surface area contributed by atoms with E-state index < -0.39 is 0 Å². The highest BCUT2D eigenvalue weighted by Crippen LogP contribution is 2.30. The lowest BCUT2D eigenvalue weighted by Crippen LogP contribution is -2.02. The van der Waals surface area contributed by atoms with Gasteiger partial charge in [0, 0.05) is 6.42 Å². The molecule has 0 saturated carbocycles. The number of para-hydroxylation sites is 1. The summed E-state index contributed by atoms with van der Waals surface area (Å²) in [6.07, 6.45) is 0.292. The van der Waals surface area contributed by atoms with Crippen molar-refractivity contribution in [1.29, 1.82) is 0 Å². The van der Waals surface area contributed by atoms with E-state index in [1.807, 2.05) is 24.3 Å². The number of hydrogen-bond donors (Lipinski definition) is 0. The van der Waals surface area contributed by atoms with Gasteiger partial charge in [0.25, 0.3) is 0 Å². The molecule has 0 saturated heterocycles. The zero-order valence-corrected chi connectivity index (χ0v) is 11.3. The Morgan fingerprint density at radius 1 is 1.33 bits per heavy atom. The van der Waals surface area contributed by atoms with Crippen LogP contribution in [0.15, 0.2) is 28.6 Å². The molecular weight excluding hydrogens is 270 g/mol. The molecule has 0 fully saturated rings. The van der Waals surface area contributed by atoms with Gasteiger partial charge in [-0.25, -0.2) is 4.98 Å². The van der Waals surface area contributed by atoms with Crippen LogP contribution in [0.4, 0.5) is 0 Å². The van der Waals surface area contributed by atoms with Gasteiger partial charge in [-0.05, 0) is 23.9 Å². The van der Waals surface area contributed by atoms with Crippen LogP contribution in [-0.4, -0.2) is 23.2 Å². The van der Waals surface area contributed by atoms with Crippen molar-refractivity contribution < 1.29 is 14.3 Å². The zero-order chi connectivity index (χ0) is 13.0. The number of carbonyl (C=O) groups is 2. The third-order valence-corrected chi connectivity index (χ3v) is 4.27. The van der Waals surface area contributed by atoms with E-state index in [4.69, 9.17) is 0 Å². The molecule has 0 amide bonds. The van der Waals surface area contributed by atoms with E-state index in [0.29, 0.717) is 4.34 Å². The Morgan fingerprint density at radius 3 is 2.83 bits per heavy atom. The normalized spacial score (nSPS) is 10.5. The molecule has 1 aromatic heterocycles. The molecule has 0 spiro atoms. The summed E-state index contributed by atoms with van der Waals surface area (Å²) in [5.41, 5.74) is 0.894. The Kier molecular flexibility index (Phi) is 4.33. The maximum absolute atomic E-state index is 11.6. The van der Waals surface area contributed by atoms with Gasteiger partial charge in [-0.2, -0.15) is 0 Å². The topological polar surface area (TPSA) is 56.3 Å². The lowest BCUT2D eigenvalue weighted by molar-refractivity contribution is -0.141. The third-order valence-electron chi connectivity index (χ3n) is 2.24. The maximum Gasteiger partial charge on any atom is 0.305 e. The van der Waals surface area contributed by atoms with Gasteiger partial charge < -0.3 is 4.74 Å². The molecule has 0 bridgehead atoms. The van der Waals surface area contributed by atoms with Crippen molar-refractivity contribution in [1.82, 2.24) is 4.98 Å². The zero-order valence-electron chi connectivity index (χ0n) is 9.71. The smallest absolute Gasteiger partial charge is 0.305 e. The van der Waals surface area contributed by atoms with Gasteiger partial charge in [0.05, 0.1) is 23.7 Å². The molecule has 0 radical (unpaired) electrons. The van der Waals surface area contributed by atoms with E-state index >= 15 is 0 Å². The monoisotopic (exact) mass is 281 g/mol. The lowest BCUT2D eigenvalue weighted by Gasteiger charge is -1.97. The molecule has 0 aliphatic carbocycles. The van der Waals surface area contributed by atoms with Crippen LogP contribution in [0.1, 0.15) is 12.8 Å². The van der Waals surface area contributed by atoms with Crippen molar-refractivity contribution in [3.05, 3.63) is 24.3 Å². The van der Waals surface area contributed by atoms with Gasteiger partial charge in [-0.1, -0.05) is 12.1 Å². The summed E-state index contributed by atoms with van der Waals surface area (Å²) < 4.78 is 6.26. The molecule has 0 unspecified atom stereocenters. The number of esters is 1. The SMILES string of the molecule is COC(=O)CCC(=O)Sc1nc2ccccc2s1. The first-order chi connectivity index (χ1) is 8.69. The molecular formula is C12H11NO3S2. The summed E-state index contributed by atoms with van der Waals surface area (Å²) in [4.78, 5) is 26.9. The Morgan fingerprint density at radius 2 is 2.11 bits per heavy atom. The minimum Gasteiger partial charge on any atom is -0.469 e. The third kappa shape index (κ3) is 3.30. The molecule has 6 heteroatoms. The van der Waals surface area contributed by atoms with Gasteiger partial charge >= 0.3 is 5.97 Å². The predicted molar refractivity (Wildman–Crippen MR) is 71.7 cm³/mol. The van der Waals surface area contributed by atoms with E-state index in [9.17, 15) is 9.59 Å².